The second-order valence-electron chi connectivity index (χ2n) is 5.60. The maximum Gasteiger partial charge on any atom is 0.230 e. The second kappa shape index (κ2) is 4.01. The number of phenols is 1. The average Bonchev–Trinajstić information content (AvgIpc) is 3.17. The van der Waals surface area contributed by atoms with Gasteiger partial charge in [-0.05, 0) is 51.2 Å². The summed E-state index contributed by atoms with van der Waals surface area (Å²) in [6.45, 7) is 4.00. The summed E-state index contributed by atoms with van der Waals surface area (Å²) < 4.78 is 0. The lowest BCUT2D eigenvalue weighted by atomic mass is 9.93. The van der Waals surface area contributed by atoms with Gasteiger partial charge in [-0.25, -0.2) is 0 Å². The number of anilines is 1. The van der Waals surface area contributed by atoms with E-state index in [-0.39, 0.29) is 17.9 Å². The first kappa shape index (κ1) is 11.6. The average molecular weight is 245 g/mol. The number of fused-ring (bicyclic) bond motifs is 1. The van der Waals surface area contributed by atoms with Gasteiger partial charge in [-0.15, -0.1) is 0 Å². The van der Waals surface area contributed by atoms with E-state index in [1.807, 2.05) is 24.0 Å². The molecule has 2 aliphatic rings. The van der Waals surface area contributed by atoms with Crippen molar-refractivity contribution in [1.29, 1.82) is 0 Å². The molecule has 1 N–H and O–H groups in total. The predicted molar refractivity (Wildman–Crippen MR) is 70.8 cm³/mol. The third-order valence-electron chi connectivity index (χ3n) is 4.14. The number of carbonyl (C=O) groups is 1. The van der Waals surface area contributed by atoms with Crippen LogP contribution in [0.2, 0.25) is 0 Å². The Morgan fingerprint density at radius 3 is 2.72 bits per heavy atom. The molecule has 0 radical (unpaired) electrons. The first-order chi connectivity index (χ1) is 8.59. The summed E-state index contributed by atoms with van der Waals surface area (Å²) in [7, 11) is 0. The van der Waals surface area contributed by atoms with Gasteiger partial charge in [-0.3, -0.25) is 4.79 Å². The number of carbonyl (C=O) groups excluding carboxylic acids is 1. The Bertz CT molecular complexity index is 505. The molecular formula is C15H19NO2. The maximum atomic E-state index is 12.4. The van der Waals surface area contributed by atoms with Crippen LogP contribution >= 0.6 is 0 Å². The predicted octanol–water partition coefficient (Wildman–Crippen LogP) is 2.78. The van der Waals surface area contributed by atoms with Crippen LogP contribution in [0.1, 0.15) is 37.3 Å². The van der Waals surface area contributed by atoms with Gasteiger partial charge in [0.25, 0.3) is 0 Å². The van der Waals surface area contributed by atoms with Crippen molar-refractivity contribution in [1.82, 2.24) is 0 Å². The molecule has 0 saturated heterocycles. The largest absolute Gasteiger partial charge is 0.507 e. The minimum atomic E-state index is 0.224. The molecule has 96 valence electrons. The number of rotatable bonds is 1. The molecule has 1 aromatic rings. The Morgan fingerprint density at radius 2 is 2.06 bits per heavy atom. The summed E-state index contributed by atoms with van der Waals surface area (Å²) in [6.07, 6.45) is 3.84. The van der Waals surface area contributed by atoms with Gasteiger partial charge in [0, 0.05) is 17.5 Å². The lowest BCUT2D eigenvalue weighted by Gasteiger charge is -2.36. The van der Waals surface area contributed by atoms with Crippen molar-refractivity contribution in [3.63, 3.8) is 0 Å². The van der Waals surface area contributed by atoms with E-state index in [9.17, 15) is 9.90 Å². The zero-order chi connectivity index (χ0) is 12.9. The molecule has 1 aromatic carbocycles. The van der Waals surface area contributed by atoms with Gasteiger partial charge < -0.3 is 10.0 Å². The molecular weight excluding hydrogens is 226 g/mol. The van der Waals surface area contributed by atoms with E-state index in [0.717, 1.165) is 42.5 Å². The number of aryl methyl sites for hydroxylation is 1. The summed E-state index contributed by atoms with van der Waals surface area (Å²) in [6, 6.07) is 4.13. The van der Waals surface area contributed by atoms with Crippen LogP contribution in [0.5, 0.6) is 5.75 Å². The van der Waals surface area contributed by atoms with Crippen LogP contribution in [0.15, 0.2) is 12.1 Å². The molecule has 1 aliphatic heterocycles. The van der Waals surface area contributed by atoms with E-state index >= 15 is 0 Å². The number of hydrogen-bond donors (Lipinski definition) is 1. The van der Waals surface area contributed by atoms with Crippen LogP contribution in [0.3, 0.4) is 0 Å². The highest BCUT2D eigenvalue weighted by Gasteiger charge is 2.38. The van der Waals surface area contributed by atoms with E-state index in [0.29, 0.717) is 5.75 Å². The van der Waals surface area contributed by atoms with E-state index in [4.69, 9.17) is 0 Å². The highest BCUT2D eigenvalue weighted by atomic mass is 16.3. The van der Waals surface area contributed by atoms with Crippen LogP contribution in [-0.2, 0) is 11.2 Å². The lowest BCUT2D eigenvalue weighted by molar-refractivity contribution is -0.120. The molecule has 3 heteroatoms. The Morgan fingerprint density at radius 1 is 1.33 bits per heavy atom. The van der Waals surface area contributed by atoms with Crippen LogP contribution in [-0.4, -0.2) is 17.1 Å². The van der Waals surface area contributed by atoms with Crippen LogP contribution < -0.4 is 4.90 Å². The second-order valence-corrected chi connectivity index (χ2v) is 5.60. The minimum Gasteiger partial charge on any atom is -0.507 e. The molecule has 0 spiro atoms. The number of amides is 1. The molecule has 3 rings (SSSR count). The van der Waals surface area contributed by atoms with Gasteiger partial charge in [0.05, 0.1) is 5.69 Å². The van der Waals surface area contributed by atoms with E-state index in [2.05, 4.69) is 6.92 Å². The molecule has 1 saturated carbocycles. The highest BCUT2D eigenvalue weighted by molar-refractivity contribution is 5.98. The van der Waals surface area contributed by atoms with Crippen LogP contribution in [0, 0.1) is 12.8 Å². The SMILES string of the molecule is Cc1ccc2c(c1O)CC[C@H](C)N2C(=O)C1CC1. The highest BCUT2D eigenvalue weighted by Crippen LogP contribution is 2.41. The molecule has 0 unspecified atom stereocenters. The standard InChI is InChI=1S/C15H19NO2/c1-9-3-8-13-12(14(9)17)7-4-10(2)16(13)15(18)11-5-6-11/h3,8,10-11,17H,4-7H2,1-2H3/t10-/m0/s1. The summed E-state index contributed by atoms with van der Waals surface area (Å²) in [5, 5.41) is 10.1. The Kier molecular flexibility index (Phi) is 2.58. The fraction of sp³-hybridized carbons (Fsp3) is 0.533. The number of nitrogens with zero attached hydrogens (tertiary/aromatic N) is 1. The fourth-order valence-corrected chi connectivity index (χ4v) is 2.80. The number of hydrogen-bond acceptors (Lipinski definition) is 2. The number of benzene rings is 1. The normalized spacial score (nSPS) is 22.8. The lowest BCUT2D eigenvalue weighted by Crippen LogP contribution is -2.43. The van der Waals surface area contributed by atoms with E-state index in [1.165, 1.54) is 0 Å². The van der Waals surface area contributed by atoms with Crippen LogP contribution in [0.4, 0.5) is 5.69 Å². The first-order valence-electron chi connectivity index (χ1n) is 6.74. The third-order valence-corrected chi connectivity index (χ3v) is 4.14. The zero-order valence-electron chi connectivity index (χ0n) is 10.9. The van der Waals surface area contributed by atoms with Crippen molar-refractivity contribution >= 4 is 11.6 Å². The van der Waals surface area contributed by atoms with Crippen LogP contribution in [0.25, 0.3) is 0 Å². The van der Waals surface area contributed by atoms with Gasteiger partial charge in [-0.2, -0.15) is 0 Å². The van der Waals surface area contributed by atoms with Gasteiger partial charge in [0.1, 0.15) is 5.75 Å². The smallest absolute Gasteiger partial charge is 0.230 e. The molecule has 1 fully saturated rings. The molecule has 1 amide bonds. The number of aromatic hydroxyl groups is 1. The molecule has 1 aliphatic carbocycles. The van der Waals surface area contributed by atoms with E-state index in [1.54, 1.807) is 0 Å². The zero-order valence-corrected chi connectivity index (χ0v) is 10.9. The van der Waals surface area contributed by atoms with Gasteiger partial charge in [0.2, 0.25) is 5.91 Å². The number of phenolic OH excluding ortho intramolecular Hbond substituents is 1. The molecule has 0 aromatic heterocycles. The molecule has 3 nitrogen and oxygen atoms in total. The van der Waals surface area contributed by atoms with E-state index < -0.39 is 0 Å². The third kappa shape index (κ3) is 1.69. The molecule has 18 heavy (non-hydrogen) atoms. The van der Waals surface area contributed by atoms with Crippen molar-refractivity contribution in [2.45, 2.75) is 45.6 Å². The topological polar surface area (TPSA) is 40.5 Å². The monoisotopic (exact) mass is 245 g/mol. The quantitative estimate of drug-likeness (QED) is 0.826. The van der Waals surface area contributed by atoms with Gasteiger partial charge in [-0.1, -0.05) is 6.07 Å². The Labute approximate surface area is 107 Å². The maximum absolute atomic E-state index is 12.4. The first-order valence-corrected chi connectivity index (χ1v) is 6.74. The minimum absolute atomic E-state index is 0.224. The van der Waals surface area contributed by atoms with Crippen molar-refractivity contribution in [3.8, 4) is 5.75 Å². The molecule has 1 heterocycles. The van der Waals surface area contributed by atoms with Gasteiger partial charge in [0.15, 0.2) is 0 Å². The summed E-state index contributed by atoms with van der Waals surface area (Å²) in [5.41, 5.74) is 2.76. The summed E-state index contributed by atoms with van der Waals surface area (Å²) in [4.78, 5) is 14.3. The Hall–Kier alpha value is -1.51. The molecule has 0 bridgehead atoms. The molecule has 1 atom stereocenters. The fourth-order valence-electron chi connectivity index (χ4n) is 2.80. The van der Waals surface area contributed by atoms with Crippen molar-refractivity contribution < 1.29 is 9.90 Å². The van der Waals surface area contributed by atoms with Gasteiger partial charge >= 0.3 is 0 Å². The van der Waals surface area contributed by atoms with Crippen molar-refractivity contribution in [2.24, 2.45) is 5.92 Å². The summed E-state index contributed by atoms with van der Waals surface area (Å²) in [5.74, 6) is 0.835. The Balaban J connectivity index is 2.06. The van der Waals surface area contributed by atoms with Crippen molar-refractivity contribution in [2.75, 3.05) is 4.90 Å². The van der Waals surface area contributed by atoms with Crippen molar-refractivity contribution in [3.05, 3.63) is 23.3 Å². The summed E-state index contributed by atoms with van der Waals surface area (Å²) >= 11 is 0.